The molecule has 2 aromatic carbocycles. The third-order valence-corrected chi connectivity index (χ3v) is 5.07. The standard InChI is InChI=1S/C22H23N3O3S/c1-14(2)19-13-20(26)25-22(24-19)29-15(3)21(27)23-16-9-11-18(12-10-16)28-17-7-5-4-6-8-17/h4-15H,1-3H3,(H,23,27)(H,24,25,26). The fraction of sp³-hybridized carbons (Fsp3) is 0.227. The van der Waals surface area contributed by atoms with Gasteiger partial charge < -0.3 is 15.0 Å². The summed E-state index contributed by atoms with van der Waals surface area (Å²) in [6.45, 7) is 5.71. The number of ether oxygens (including phenoxy) is 1. The summed E-state index contributed by atoms with van der Waals surface area (Å²) in [7, 11) is 0. The van der Waals surface area contributed by atoms with Crippen LogP contribution in [-0.2, 0) is 4.79 Å². The number of H-pyrrole nitrogens is 1. The van der Waals surface area contributed by atoms with Gasteiger partial charge in [-0.2, -0.15) is 0 Å². The number of hydrogen-bond donors (Lipinski definition) is 2. The molecular weight excluding hydrogens is 386 g/mol. The lowest BCUT2D eigenvalue weighted by Gasteiger charge is -2.13. The Bertz CT molecular complexity index is 1020. The van der Waals surface area contributed by atoms with Gasteiger partial charge in [0, 0.05) is 11.8 Å². The second kappa shape index (κ2) is 9.43. The Balaban J connectivity index is 1.60. The van der Waals surface area contributed by atoms with Gasteiger partial charge in [-0.25, -0.2) is 4.98 Å². The highest BCUT2D eigenvalue weighted by molar-refractivity contribution is 8.00. The van der Waals surface area contributed by atoms with Crippen LogP contribution in [-0.4, -0.2) is 21.1 Å². The molecule has 0 saturated heterocycles. The van der Waals surface area contributed by atoms with Crippen LogP contribution in [0.15, 0.2) is 70.6 Å². The van der Waals surface area contributed by atoms with Gasteiger partial charge in [0.25, 0.3) is 5.56 Å². The summed E-state index contributed by atoms with van der Waals surface area (Å²) in [4.78, 5) is 31.4. The summed E-state index contributed by atoms with van der Waals surface area (Å²) in [6, 6.07) is 18.1. The largest absolute Gasteiger partial charge is 0.457 e. The van der Waals surface area contributed by atoms with Crippen molar-refractivity contribution in [1.29, 1.82) is 0 Å². The summed E-state index contributed by atoms with van der Waals surface area (Å²) in [5, 5.41) is 2.88. The van der Waals surface area contributed by atoms with Crippen molar-refractivity contribution in [3.8, 4) is 11.5 Å². The number of nitrogens with zero attached hydrogens (tertiary/aromatic N) is 1. The summed E-state index contributed by atoms with van der Waals surface area (Å²) in [5.74, 6) is 1.39. The Labute approximate surface area is 173 Å². The second-order valence-electron chi connectivity index (χ2n) is 6.82. The van der Waals surface area contributed by atoms with E-state index in [2.05, 4.69) is 15.3 Å². The molecule has 7 heteroatoms. The normalized spacial score (nSPS) is 11.9. The molecule has 0 bridgehead atoms. The molecule has 3 rings (SSSR count). The van der Waals surface area contributed by atoms with Crippen molar-refractivity contribution in [3.63, 3.8) is 0 Å². The van der Waals surface area contributed by atoms with Crippen LogP contribution in [0.5, 0.6) is 11.5 Å². The maximum atomic E-state index is 12.5. The number of thioether (sulfide) groups is 1. The minimum absolute atomic E-state index is 0.136. The number of hydrogen-bond acceptors (Lipinski definition) is 5. The van der Waals surface area contributed by atoms with Gasteiger partial charge >= 0.3 is 0 Å². The van der Waals surface area contributed by atoms with E-state index in [0.29, 0.717) is 22.3 Å². The Morgan fingerprint density at radius 2 is 1.69 bits per heavy atom. The lowest BCUT2D eigenvalue weighted by Crippen LogP contribution is -2.23. The number of benzene rings is 2. The number of nitrogens with one attached hydrogen (secondary N) is 2. The van der Waals surface area contributed by atoms with E-state index >= 15 is 0 Å². The van der Waals surface area contributed by atoms with Crippen molar-refractivity contribution < 1.29 is 9.53 Å². The first kappa shape index (κ1) is 20.7. The SMILES string of the molecule is CC(Sc1nc(C(C)C)cc(=O)[nH]1)C(=O)Nc1ccc(Oc2ccccc2)cc1. The topological polar surface area (TPSA) is 84.1 Å². The zero-order chi connectivity index (χ0) is 20.8. The van der Waals surface area contributed by atoms with Gasteiger partial charge in [-0.05, 0) is 49.2 Å². The number of aromatic amines is 1. The van der Waals surface area contributed by atoms with E-state index in [4.69, 9.17) is 4.74 Å². The van der Waals surface area contributed by atoms with Gasteiger partial charge in [-0.15, -0.1) is 0 Å². The molecule has 1 unspecified atom stereocenters. The van der Waals surface area contributed by atoms with E-state index in [-0.39, 0.29) is 17.4 Å². The van der Waals surface area contributed by atoms with Gasteiger partial charge in [0.05, 0.1) is 10.9 Å². The van der Waals surface area contributed by atoms with Crippen molar-refractivity contribution in [1.82, 2.24) is 9.97 Å². The zero-order valence-electron chi connectivity index (χ0n) is 16.5. The number of rotatable bonds is 7. The average Bonchev–Trinajstić information content (AvgIpc) is 2.69. The molecule has 0 fully saturated rings. The minimum atomic E-state index is -0.430. The number of amides is 1. The Kier molecular flexibility index (Phi) is 6.72. The van der Waals surface area contributed by atoms with Crippen molar-refractivity contribution in [3.05, 3.63) is 76.7 Å². The molecule has 0 radical (unpaired) electrons. The second-order valence-corrected chi connectivity index (χ2v) is 8.15. The van der Waals surface area contributed by atoms with Crippen LogP contribution in [0.1, 0.15) is 32.4 Å². The van der Waals surface area contributed by atoms with Gasteiger partial charge in [0.2, 0.25) is 5.91 Å². The summed E-state index contributed by atoms with van der Waals surface area (Å²) in [6.07, 6.45) is 0. The maximum absolute atomic E-state index is 12.5. The van der Waals surface area contributed by atoms with E-state index in [0.717, 1.165) is 5.75 Å². The van der Waals surface area contributed by atoms with Crippen LogP contribution in [0, 0.1) is 0 Å². The molecule has 1 aromatic heterocycles. The predicted molar refractivity (Wildman–Crippen MR) is 116 cm³/mol. The van der Waals surface area contributed by atoms with E-state index in [9.17, 15) is 9.59 Å². The molecule has 1 atom stereocenters. The quantitative estimate of drug-likeness (QED) is 0.432. The van der Waals surface area contributed by atoms with Crippen LogP contribution in [0.3, 0.4) is 0 Å². The zero-order valence-corrected chi connectivity index (χ0v) is 17.3. The first-order valence-corrected chi connectivity index (χ1v) is 10.2. The van der Waals surface area contributed by atoms with Crippen molar-refractivity contribution >= 4 is 23.4 Å². The Hall–Kier alpha value is -3.06. The van der Waals surface area contributed by atoms with E-state index in [1.165, 1.54) is 17.8 Å². The fourth-order valence-electron chi connectivity index (χ4n) is 2.50. The highest BCUT2D eigenvalue weighted by atomic mass is 32.2. The Morgan fingerprint density at radius 3 is 2.34 bits per heavy atom. The molecule has 150 valence electrons. The van der Waals surface area contributed by atoms with Crippen LogP contribution in [0.2, 0.25) is 0 Å². The third kappa shape index (κ3) is 5.96. The summed E-state index contributed by atoms with van der Waals surface area (Å²) < 4.78 is 5.75. The molecule has 3 aromatic rings. The smallest absolute Gasteiger partial charge is 0.251 e. The van der Waals surface area contributed by atoms with Crippen LogP contribution >= 0.6 is 11.8 Å². The van der Waals surface area contributed by atoms with Crippen molar-refractivity contribution in [2.45, 2.75) is 37.1 Å². The average molecular weight is 410 g/mol. The molecule has 6 nitrogen and oxygen atoms in total. The molecule has 0 aliphatic rings. The van der Waals surface area contributed by atoms with Crippen molar-refractivity contribution in [2.75, 3.05) is 5.32 Å². The molecule has 29 heavy (non-hydrogen) atoms. The number of anilines is 1. The molecule has 0 aliphatic carbocycles. The molecule has 2 N–H and O–H groups in total. The van der Waals surface area contributed by atoms with E-state index in [1.807, 2.05) is 44.2 Å². The first-order valence-electron chi connectivity index (χ1n) is 9.32. The van der Waals surface area contributed by atoms with Gasteiger partial charge in [0.15, 0.2) is 5.16 Å². The molecular formula is C22H23N3O3S. The lowest BCUT2D eigenvalue weighted by atomic mass is 10.1. The van der Waals surface area contributed by atoms with Crippen molar-refractivity contribution in [2.24, 2.45) is 0 Å². The highest BCUT2D eigenvalue weighted by Gasteiger charge is 2.17. The van der Waals surface area contributed by atoms with Gasteiger partial charge in [-0.1, -0.05) is 43.8 Å². The van der Waals surface area contributed by atoms with Gasteiger partial charge in [-0.3, -0.25) is 9.59 Å². The molecule has 0 spiro atoms. The summed E-state index contributed by atoms with van der Waals surface area (Å²) in [5.41, 5.74) is 1.16. The van der Waals surface area contributed by atoms with Crippen LogP contribution in [0.25, 0.3) is 0 Å². The number of carbonyl (C=O) groups is 1. The molecule has 1 amide bonds. The number of carbonyl (C=O) groups excluding carboxylic acids is 1. The third-order valence-electron chi connectivity index (χ3n) is 4.09. The van der Waals surface area contributed by atoms with Crippen LogP contribution < -0.4 is 15.6 Å². The monoisotopic (exact) mass is 409 g/mol. The molecule has 0 aliphatic heterocycles. The molecule has 0 saturated carbocycles. The lowest BCUT2D eigenvalue weighted by molar-refractivity contribution is -0.115. The fourth-order valence-corrected chi connectivity index (χ4v) is 3.32. The number of aromatic nitrogens is 2. The van der Waals surface area contributed by atoms with Crippen LogP contribution in [0.4, 0.5) is 5.69 Å². The first-order chi connectivity index (χ1) is 13.9. The predicted octanol–water partition coefficient (Wildman–Crippen LogP) is 4.80. The highest BCUT2D eigenvalue weighted by Crippen LogP contribution is 2.24. The molecule has 1 heterocycles. The maximum Gasteiger partial charge on any atom is 0.251 e. The van der Waals surface area contributed by atoms with E-state index in [1.54, 1.807) is 31.2 Å². The Morgan fingerprint density at radius 1 is 1.03 bits per heavy atom. The van der Waals surface area contributed by atoms with E-state index < -0.39 is 5.25 Å². The number of para-hydroxylation sites is 1. The minimum Gasteiger partial charge on any atom is -0.457 e. The van der Waals surface area contributed by atoms with Gasteiger partial charge in [0.1, 0.15) is 11.5 Å². The summed E-state index contributed by atoms with van der Waals surface area (Å²) >= 11 is 1.22.